The van der Waals surface area contributed by atoms with Gasteiger partial charge < -0.3 is 15.7 Å². The summed E-state index contributed by atoms with van der Waals surface area (Å²) >= 11 is 0. The Bertz CT molecular complexity index is 715. The number of carbonyl (C=O) groups excluding carboxylic acids is 1. The van der Waals surface area contributed by atoms with E-state index in [1.54, 1.807) is 0 Å². The Balaban J connectivity index is 1.61. The number of benzene rings is 2. The number of hydrogen-bond donors (Lipinski definition) is 3. The second-order valence-electron chi connectivity index (χ2n) is 6.77. The van der Waals surface area contributed by atoms with Gasteiger partial charge in [0.15, 0.2) is 0 Å². The zero-order valence-corrected chi connectivity index (χ0v) is 14.7. The minimum absolute atomic E-state index is 0.0761. The van der Waals surface area contributed by atoms with Crippen molar-refractivity contribution in [1.29, 1.82) is 0 Å². The Hall–Kier alpha value is -2.17. The molecule has 4 nitrogen and oxygen atoms in total. The summed E-state index contributed by atoms with van der Waals surface area (Å²) in [5.74, 6) is -0.0761. The maximum Gasteiger partial charge on any atom is 0.251 e. The van der Waals surface area contributed by atoms with Crippen molar-refractivity contribution < 1.29 is 9.90 Å². The van der Waals surface area contributed by atoms with Crippen LogP contribution in [-0.2, 0) is 12.8 Å². The van der Waals surface area contributed by atoms with E-state index in [0.29, 0.717) is 12.0 Å². The van der Waals surface area contributed by atoms with Crippen LogP contribution in [0.15, 0.2) is 48.5 Å². The van der Waals surface area contributed by atoms with Crippen LogP contribution in [0, 0.1) is 0 Å². The summed E-state index contributed by atoms with van der Waals surface area (Å²) in [6, 6.07) is 15.4. The second kappa shape index (κ2) is 8.28. The molecule has 2 aromatic carbocycles. The van der Waals surface area contributed by atoms with Crippen molar-refractivity contribution in [2.45, 2.75) is 38.3 Å². The Kier molecular flexibility index (Phi) is 5.84. The summed E-state index contributed by atoms with van der Waals surface area (Å²) in [5.41, 5.74) is 4.16. The fraction of sp³-hybridized carbons (Fsp3) is 0.381. The molecule has 1 heterocycles. The SMILES string of the molecule is CC(CC(O)c1ccccc1)NC(=O)c1ccc2c(c1)CCNCC2. The average molecular weight is 338 g/mol. The van der Waals surface area contributed by atoms with E-state index in [-0.39, 0.29) is 11.9 Å². The van der Waals surface area contributed by atoms with E-state index in [1.807, 2.05) is 49.4 Å². The molecule has 0 aromatic heterocycles. The van der Waals surface area contributed by atoms with Gasteiger partial charge in [-0.05, 0) is 68.1 Å². The highest BCUT2D eigenvalue weighted by Gasteiger charge is 2.16. The van der Waals surface area contributed by atoms with E-state index in [9.17, 15) is 9.90 Å². The lowest BCUT2D eigenvalue weighted by Crippen LogP contribution is -2.33. The Morgan fingerprint density at radius 2 is 1.84 bits per heavy atom. The third-order valence-electron chi connectivity index (χ3n) is 4.75. The van der Waals surface area contributed by atoms with Gasteiger partial charge in [-0.3, -0.25) is 4.79 Å². The van der Waals surface area contributed by atoms with Gasteiger partial charge in [0.1, 0.15) is 0 Å². The number of hydrogen-bond acceptors (Lipinski definition) is 3. The largest absolute Gasteiger partial charge is 0.388 e. The summed E-state index contributed by atoms with van der Waals surface area (Å²) in [6.45, 7) is 3.88. The van der Waals surface area contributed by atoms with Gasteiger partial charge in [-0.1, -0.05) is 36.4 Å². The van der Waals surface area contributed by atoms with E-state index in [4.69, 9.17) is 0 Å². The number of nitrogens with one attached hydrogen (secondary N) is 2. The zero-order chi connectivity index (χ0) is 17.6. The molecule has 1 amide bonds. The quantitative estimate of drug-likeness (QED) is 0.785. The number of aliphatic hydroxyl groups excluding tert-OH is 1. The van der Waals surface area contributed by atoms with E-state index in [1.165, 1.54) is 11.1 Å². The highest BCUT2D eigenvalue weighted by molar-refractivity contribution is 5.94. The molecule has 0 fully saturated rings. The molecule has 4 heteroatoms. The van der Waals surface area contributed by atoms with E-state index < -0.39 is 6.10 Å². The summed E-state index contributed by atoms with van der Waals surface area (Å²) in [7, 11) is 0. The molecule has 0 aliphatic carbocycles. The number of carbonyl (C=O) groups is 1. The van der Waals surface area contributed by atoms with E-state index in [0.717, 1.165) is 31.5 Å². The summed E-state index contributed by atoms with van der Waals surface area (Å²) in [4.78, 5) is 12.5. The zero-order valence-electron chi connectivity index (χ0n) is 14.7. The highest BCUT2D eigenvalue weighted by Crippen LogP contribution is 2.19. The van der Waals surface area contributed by atoms with Gasteiger partial charge in [-0.15, -0.1) is 0 Å². The monoisotopic (exact) mass is 338 g/mol. The van der Waals surface area contributed by atoms with Gasteiger partial charge in [0, 0.05) is 11.6 Å². The average Bonchev–Trinajstić information content (AvgIpc) is 2.87. The number of rotatable bonds is 5. The van der Waals surface area contributed by atoms with Crippen molar-refractivity contribution in [2.75, 3.05) is 13.1 Å². The summed E-state index contributed by atoms with van der Waals surface area (Å²) in [6.07, 6.45) is 1.88. The van der Waals surface area contributed by atoms with Crippen LogP contribution in [0.1, 0.15) is 46.5 Å². The molecule has 0 spiro atoms. The number of amides is 1. The van der Waals surface area contributed by atoms with Gasteiger partial charge in [0.2, 0.25) is 0 Å². The molecule has 3 rings (SSSR count). The van der Waals surface area contributed by atoms with Crippen molar-refractivity contribution in [3.8, 4) is 0 Å². The molecule has 132 valence electrons. The van der Waals surface area contributed by atoms with Crippen LogP contribution in [-0.4, -0.2) is 30.1 Å². The maximum atomic E-state index is 12.5. The predicted molar refractivity (Wildman–Crippen MR) is 99.7 cm³/mol. The van der Waals surface area contributed by atoms with Gasteiger partial charge in [-0.25, -0.2) is 0 Å². The topological polar surface area (TPSA) is 61.4 Å². The van der Waals surface area contributed by atoms with Crippen LogP contribution < -0.4 is 10.6 Å². The van der Waals surface area contributed by atoms with E-state index >= 15 is 0 Å². The van der Waals surface area contributed by atoms with Crippen LogP contribution >= 0.6 is 0 Å². The van der Waals surface area contributed by atoms with Gasteiger partial charge in [-0.2, -0.15) is 0 Å². The smallest absolute Gasteiger partial charge is 0.251 e. The second-order valence-corrected chi connectivity index (χ2v) is 6.77. The molecular formula is C21H26N2O2. The van der Waals surface area contributed by atoms with Gasteiger partial charge in [0.25, 0.3) is 5.91 Å². The molecule has 1 aliphatic rings. The third-order valence-corrected chi connectivity index (χ3v) is 4.75. The first-order chi connectivity index (χ1) is 12.1. The van der Waals surface area contributed by atoms with Crippen molar-refractivity contribution in [3.63, 3.8) is 0 Å². The van der Waals surface area contributed by atoms with Crippen LogP contribution in [0.5, 0.6) is 0 Å². The van der Waals surface area contributed by atoms with Crippen LogP contribution in [0.2, 0.25) is 0 Å². The molecule has 25 heavy (non-hydrogen) atoms. The minimum atomic E-state index is -0.574. The first-order valence-corrected chi connectivity index (χ1v) is 9.00. The molecule has 0 radical (unpaired) electrons. The minimum Gasteiger partial charge on any atom is -0.388 e. The highest BCUT2D eigenvalue weighted by atomic mass is 16.3. The van der Waals surface area contributed by atoms with Gasteiger partial charge in [0.05, 0.1) is 6.10 Å². The maximum absolute atomic E-state index is 12.5. The fourth-order valence-corrected chi connectivity index (χ4v) is 3.33. The number of fused-ring (bicyclic) bond motifs is 1. The standard InChI is InChI=1S/C21H26N2O2/c1-15(13-20(24)17-5-3-2-4-6-17)23-21(25)19-8-7-16-9-11-22-12-10-18(16)14-19/h2-8,14-15,20,22,24H,9-13H2,1H3,(H,23,25). The van der Waals surface area contributed by atoms with Gasteiger partial charge >= 0.3 is 0 Å². The summed E-state index contributed by atoms with van der Waals surface area (Å²) < 4.78 is 0. The first-order valence-electron chi connectivity index (χ1n) is 9.00. The Morgan fingerprint density at radius 3 is 2.60 bits per heavy atom. The molecule has 1 aliphatic heterocycles. The Morgan fingerprint density at radius 1 is 1.12 bits per heavy atom. The fourth-order valence-electron chi connectivity index (χ4n) is 3.33. The lowest BCUT2D eigenvalue weighted by Gasteiger charge is -2.18. The lowest BCUT2D eigenvalue weighted by atomic mass is 9.99. The van der Waals surface area contributed by atoms with Crippen molar-refractivity contribution in [1.82, 2.24) is 10.6 Å². The van der Waals surface area contributed by atoms with Crippen molar-refractivity contribution in [2.24, 2.45) is 0 Å². The predicted octanol–water partition coefficient (Wildman–Crippen LogP) is 2.62. The molecular weight excluding hydrogens is 312 g/mol. The molecule has 0 saturated heterocycles. The first kappa shape index (κ1) is 17.6. The molecule has 2 aromatic rings. The number of aliphatic hydroxyl groups is 1. The molecule has 3 N–H and O–H groups in total. The van der Waals surface area contributed by atoms with Crippen LogP contribution in [0.25, 0.3) is 0 Å². The van der Waals surface area contributed by atoms with Crippen LogP contribution in [0.3, 0.4) is 0 Å². The van der Waals surface area contributed by atoms with Crippen LogP contribution in [0.4, 0.5) is 0 Å². The third kappa shape index (κ3) is 4.68. The Labute approximate surface area is 149 Å². The van der Waals surface area contributed by atoms with Crippen molar-refractivity contribution >= 4 is 5.91 Å². The molecule has 2 atom stereocenters. The van der Waals surface area contributed by atoms with Crippen molar-refractivity contribution in [3.05, 3.63) is 70.8 Å². The normalized spacial score (nSPS) is 16.4. The lowest BCUT2D eigenvalue weighted by molar-refractivity contribution is 0.0917. The molecule has 0 saturated carbocycles. The summed E-state index contributed by atoms with van der Waals surface area (Å²) in [5, 5.41) is 16.7. The molecule has 2 unspecified atom stereocenters. The molecule has 0 bridgehead atoms. The van der Waals surface area contributed by atoms with E-state index in [2.05, 4.69) is 16.7 Å².